The molecule has 0 spiro atoms. The minimum Gasteiger partial charge on any atom is -0.370 e. The Balaban J connectivity index is 2.49. The zero-order chi connectivity index (χ0) is 9.84. The van der Waals surface area contributed by atoms with Crippen LogP contribution in [0.15, 0.2) is 0 Å². The van der Waals surface area contributed by atoms with Crippen LogP contribution in [-0.4, -0.2) is 22.7 Å². The molecule has 0 fully saturated rings. The Bertz CT molecular complexity index is 282. The molecule has 0 radical (unpaired) electrons. The highest BCUT2D eigenvalue weighted by Crippen LogP contribution is 2.08. The summed E-state index contributed by atoms with van der Waals surface area (Å²) in [5.41, 5.74) is 8.46. The number of H-pyrrole nitrogens is 1. The average Bonchev–Trinajstić information content (AvgIpc) is 2.34. The van der Waals surface area contributed by atoms with Crippen molar-refractivity contribution in [3.05, 3.63) is 17.0 Å². The third-order valence-corrected chi connectivity index (χ3v) is 1.97. The molecule has 1 rings (SSSR count). The van der Waals surface area contributed by atoms with E-state index in [9.17, 15) is 0 Å². The fraction of sp³-hybridized carbons (Fsp3) is 0.500. The second kappa shape index (κ2) is 3.93. The first kappa shape index (κ1) is 9.57. The van der Waals surface area contributed by atoms with Gasteiger partial charge in [0.15, 0.2) is 5.96 Å². The summed E-state index contributed by atoms with van der Waals surface area (Å²) in [5.74, 6) is 0.0128. The molecule has 0 bridgehead atoms. The van der Waals surface area contributed by atoms with E-state index in [2.05, 4.69) is 15.5 Å². The summed E-state index contributed by atoms with van der Waals surface area (Å²) >= 11 is 0. The summed E-state index contributed by atoms with van der Waals surface area (Å²) in [7, 11) is 0. The zero-order valence-corrected chi connectivity index (χ0v) is 7.94. The topological polar surface area (TPSA) is 90.6 Å². The predicted octanol–water partition coefficient (Wildman–Crippen LogP) is 0.0521. The van der Waals surface area contributed by atoms with Crippen molar-refractivity contribution in [3.8, 4) is 0 Å². The van der Waals surface area contributed by atoms with Crippen LogP contribution in [-0.2, 0) is 6.42 Å². The minimum atomic E-state index is 0.0128. The molecule has 0 aliphatic carbocycles. The maximum atomic E-state index is 6.97. The summed E-state index contributed by atoms with van der Waals surface area (Å²) in [6.07, 6.45) is 0.841. The lowest BCUT2D eigenvalue weighted by atomic mass is 10.1. The summed E-state index contributed by atoms with van der Waals surface area (Å²) in [4.78, 5) is 0. The quantitative estimate of drug-likeness (QED) is 0.392. The Morgan fingerprint density at radius 2 is 2.31 bits per heavy atom. The van der Waals surface area contributed by atoms with Crippen LogP contribution in [0.4, 0.5) is 0 Å². The Morgan fingerprint density at radius 3 is 2.77 bits per heavy atom. The van der Waals surface area contributed by atoms with Crippen molar-refractivity contribution < 1.29 is 0 Å². The normalized spacial score (nSPS) is 10.0. The molecule has 0 aromatic carbocycles. The van der Waals surface area contributed by atoms with Crippen molar-refractivity contribution in [2.75, 3.05) is 6.54 Å². The molecule has 0 saturated heterocycles. The molecule has 1 heterocycles. The number of guanidine groups is 1. The number of aromatic amines is 1. The van der Waals surface area contributed by atoms with Crippen LogP contribution in [0.3, 0.4) is 0 Å². The standard InChI is InChI=1S/C8H15N5/c1-5-7(6(2)13-12-5)3-4-11-8(9)10/h3-4H2,1-2H3,(H,12,13)(H4,9,10,11). The van der Waals surface area contributed by atoms with Crippen molar-refractivity contribution in [2.24, 2.45) is 5.73 Å². The molecule has 1 aromatic heterocycles. The molecule has 5 N–H and O–H groups in total. The number of nitrogens with two attached hydrogens (primary N) is 1. The highest BCUT2D eigenvalue weighted by molar-refractivity contribution is 5.74. The van der Waals surface area contributed by atoms with Crippen molar-refractivity contribution in [1.29, 1.82) is 5.41 Å². The lowest BCUT2D eigenvalue weighted by Gasteiger charge is -2.03. The first-order valence-electron chi connectivity index (χ1n) is 4.19. The van der Waals surface area contributed by atoms with Gasteiger partial charge in [0.2, 0.25) is 0 Å². The highest BCUT2D eigenvalue weighted by atomic mass is 15.1. The van der Waals surface area contributed by atoms with Crippen LogP contribution in [0.1, 0.15) is 17.0 Å². The molecule has 13 heavy (non-hydrogen) atoms. The van der Waals surface area contributed by atoms with Gasteiger partial charge >= 0.3 is 0 Å². The van der Waals surface area contributed by atoms with Crippen molar-refractivity contribution in [3.63, 3.8) is 0 Å². The van der Waals surface area contributed by atoms with Crippen LogP contribution in [0.25, 0.3) is 0 Å². The highest BCUT2D eigenvalue weighted by Gasteiger charge is 2.04. The number of nitrogens with zero attached hydrogens (tertiary/aromatic N) is 1. The largest absolute Gasteiger partial charge is 0.370 e. The van der Waals surface area contributed by atoms with E-state index in [0.29, 0.717) is 6.54 Å². The van der Waals surface area contributed by atoms with Crippen LogP contribution < -0.4 is 11.1 Å². The number of aromatic nitrogens is 2. The van der Waals surface area contributed by atoms with E-state index in [1.807, 2.05) is 13.8 Å². The van der Waals surface area contributed by atoms with Crippen LogP contribution in [0.5, 0.6) is 0 Å². The maximum Gasteiger partial charge on any atom is 0.185 e. The molecule has 0 aliphatic rings. The van der Waals surface area contributed by atoms with Crippen molar-refractivity contribution >= 4 is 5.96 Å². The van der Waals surface area contributed by atoms with E-state index in [1.165, 1.54) is 5.56 Å². The van der Waals surface area contributed by atoms with E-state index >= 15 is 0 Å². The molecule has 0 atom stereocenters. The van der Waals surface area contributed by atoms with Gasteiger partial charge < -0.3 is 11.1 Å². The number of rotatable bonds is 3. The lowest BCUT2D eigenvalue weighted by molar-refractivity contribution is 0.845. The monoisotopic (exact) mass is 181 g/mol. The third kappa shape index (κ3) is 2.47. The summed E-state index contributed by atoms with van der Waals surface area (Å²) in [5, 5.41) is 16.7. The maximum absolute atomic E-state index is 6.97. The number of hydrogen-bond donors (Lipinski definition) is 4. The minimum absolute atomic E-state index is 0.0128. The molecular weight excluding hydrogens is 166 g/mol. The Labute approximate surface area is 77.2 Å². The second-order valence-electron chi connectivity index (χ2n) is 3.00. The molecule has 0 unspecified atom stereocenters. The van der Waals surface area contributed by atoms with Gasteiger partial charge in [-0.1, -0.05) is 0 Å². The first-order valence-corrected chi connectivity index (χ1v) is 4.19. The molecular formula is C8H15N5. The number of aryl methyl sites for hydroxylation is 2. The molecule has 1 aromatic rings. The summed E-state index contributed by atoms with van der Waals surface area (Å²) in [6.45, 7) is 4.63. The van der Waals surface area contributed by atoms with Crippen LogP contribution >= 0.6 is 0 Å². The Kier molecular flexibility index (Phi) is 2.89. The smallest absolute Gasteiger partial charge is 0.185 e. The van der Waals surface area contributed by atoms with E-state index in [-0.39, 0.29) is 5.96 Å². The molecule has 0 saturated carbocycles. The number of nitrogens with one attached hydrogen (secondary N) is 3. The summed E-state index contributed by atoms with van der Waals surface area (Å²) in [6, 6.07) is 0. The van der Waals surface area contributed by atoms with E-state index < -0.39 is 0 Å². The van der Waals surface area contributed by atoms with Gasteiger partial charge in [-0.25, -0.2) is 0 Å². The Morgan fingerprint density at radius 1 is 1.62 bits per heavy atom. The van der Waals surface area contributed by atoms with Crippen LogP contribution in [0, 0.1) is 19.3 Å². The van der Waals surface area contributed by atoms with Gasteiger partial charge in [0, 0.05) is 12.2 Å². The van der Waals surface area contributed by atoms with Gasteiger partial charge in [0.1, 0.15) is 0 Å². The molecule has 5 nitrogen and oxygen atoms in total. The summed E-state index contributed by atoms with van der Waals surface area (Å²) < 4.78 is 0. The van der Waals surface area contributed by atoms with Gasteiger partial charge in [-0.3, -0.25) is 10.5 Å². The number of hydrogen-bond acceptors (Lipinski definition) is 2. The average molecular weight is 181 g/mol. The van der Waals surface area contributed by atoms with Crippen molar-refractivity contribution in [1.82, 2.24) is 15.5 Å². The second-order valence-corrected chi connectivity index (χ2v) is 3.00. The molecule has 5 heteroatoms. The molecule has 0 aliphatic heterocycles. The molecule has 72 valence electrons. The van der Waals surface area contributed by atoms with Gasteiger partial charge in [-0.15, -0.1) is 0 Å². The van der Waals surface area contributed by atoms with Gasteiger partial charge in [-0.05, 0) is 25.8 Å². The fourth-order valence-corrected chi connectivity index (χ4v) is 1.26. The van der Waals surface area contributed by atoms with E-state index in [1.54, 1.807) is 0 Å². The predicted molar refractivity (Wildman–Crippen MR) is 51.7 cm³/mol. The van der Waals surface area contributed by atoms with Gasteiger partial charge in [-0.2, -0.15) is 5.10 Å². The van der Waals surface area contributed by atoms with E-state index in [4.69, 9.17) is 11.1 Å². The lowest BCUT2D eigenvalue weighted by Crippen LogP contribution is -2.31. The third-order valence-electron chi connectivity index (χ3n) is 1.97. The van der Waals surface area contributed by atoms with E-state index in [0.717, 1.165) is 17.8 Å². The van der Waals surface area contributed by atoms with Gasteiger partial charge in [0.25, 0.3) is 0 Å². The fourth-order valence-electron chi connectivity index (χ4n) is 1.26. The van der Waals surface area contributed by atoms with Gasteiger partial charge in [0.05, 0.1) is 5.69 Å². The first-order chi connectivity index (χ1) is 6.11. The van der Waals surface area contributed by atoms with Crippen LogP contribution in [0.2, 0.25) is 0 Å². The Hall–Kier alpha value is -1.52. The zero-order valence-electron chi connectivity index (χ0n) is 7.94. The molecule has 0 amide bonds. The van der Waals surface area contributed by atoms with Crippen molar-refractivity contribution in [2.45, 2.75) is 20.3 Å². The SMILES string of the molecule is Cc1n[nH]c(C)c1CCNC(=N)N.